The molecule has 0 aliphatic rings. The van der Waals surface area contributed by atoms with Crippen LogP contribution < -0.4 is 0 Å². The molecule has 1 nitrogen and oxygen atoms in total. The Labute approximate surface area is 199 Å². The van der Waals surface area contributed by atoms with Crippen LogP contribution in [0.4, 0.5) is 0 Å². The molecule has 0 fully saturated rings. The van der Waals surface area contributed by atoms with E-state index in [1.54, 1.807) is 0 Å². The molecule has 0 rings (SSSR count). The van der Waals surface area contributed by atoms with Crippen molar-refractivity contribution in [1.82, 2.24) is 0 Å². The van der Waals surface area contributed by atoms with E-state index in [0.29, 0.717) is 0 Å². The maximum atomic E-state index is 5.82. The number of unbranched alkanes of at least 4 members (excludes halogenated alkanes) is 22. The highest BCUT2D eigenvalue weighted by atomic mass is 32.1. The lowest BCUT2D eigenvalue weighted by molar-refractivity contribution is 0.125. The number of hydrogen-bond acceptors (Lipinski definition) is 1. The minimum atomic E-state index is 0. The van der Waals surface area contributed by atoms with Gasteiger partial charge >= 0.3 is 0 Å². The molecule has 0 radical (unpaired) electrons. The first kappa shape index (κ1) is 32.5. The molecule has 0 heterocycles. The summed E-state index contributed by atoms with van der Waals surface area (Å²) in [5.41, 5.74) is 0. The van der Waals surface area contributed by atoms with Crippen LogP contribution in [0.15, 0.2) is 0 Å². The van der Waals surface area contributed by atoms with Gasteiger partial charge in [-0.1, -0.05) is 155 Å². The van der Waals surface area contributed by atoms with Crippen LogP contribution in [-0.2, 0) is 4.74 Å². The van der Waals surface area contributed by atoms with Crippen molar-refractivity contribution in [1.29, 1.82) is 0 Å². The lowest BCUT2D eigenvalue weighted by Gasteiger charge is -2.05. The molecule has 0 atom stereocenters. The third kappa shape index (κ3) is 30.5. The zero-order valence-corrected chi connectivity index (χ0v) is 22.3. The lowest BCUT2D eigenvalue weighted by Crippen LogP contribution is -1.97. The Bertz CT molecular complexity index is 243. The Kier molecular flexibility index (Phi) is 34.1. The van der Waals surface area contributed by atoms with E-state index in [9.17, 15) is 0 Å². The number of rotatable bonds is 26. The summed E-state index contributed by atoms with van der Waals surface area (Å²) in [7, 11) is 0. The third-order valence-corrected chi connectivity index (χ3v) is 6.28. The van der Waals surface area contributed by atoms with Gasteiger partial charge in [-0.15, -0.1) is 0 Å². The predicted octanol–water partition coefficient (Wildman–Crippen LogP) is 10.5. The van der Waals surface area contributed by atoms with Gasteiger partial charge in [-0.2, -0.15) is 13.5 Å². The largest absolute Gasteiger partial charge is 0.381 e. The van der Waals surface area contributed by atoms with E-state index in [1.807, 2.05) is 0 Å². The average Bonchev–Trinajstić information content (AvgIpc) is 2.74. The zero-order chi connectivity index (χ0) is 21.1. The van der Waals surface area contributed by atoms with E-state index in [0.717, 1.165) is 13.2 Å². The molecule has 2 heteroatoms. The Morgan fingerprint density at radius 3 is 0.733 bits per heavy atom. The summed E-state index contributed by atoms with van der Waals surface area (Å²) in [4.78, 5) is 0. The monoisotopic (exact) mass is 444 g/mol. The molecule has 30 heavy (non-hydrogen) atoms. The highest BCUT2D eigenvalue weighted by molar-refractivity contribution is 7.59. The smallest absolute Gasteiger partial charge is 0.0466 e. The Hall–Kier alpha value is 0.310. The van der Waals surface area contributed by atoms with E-state index < -0.39 is 0 Å². The van der Waals surface area contributed by atoms with Gasteiger partial charge in [-0.3, -0.25) is 0 Å². The van der Waals surface area contributed by atoms with Gasteiger partial charge < -0.3 is 4.74 Å². The van der Waals surface area contributed by atoms with E-state index in [2.05, 4.69) is 13.8 Å². The van der Waals surface area contributed by atoms with Crippen LogP contribution in [0.5, 0.6) is 0 Å². The summed E-state index contributed by atoms with van der Waals surface area (Å²) >= 11 is 0. The van der Waals surface area contributed by atoms with Crippen LogP contribution in [0.1, 0.15) is 168 Å². The van der Waals surface area contributed by atoms with Crippen LogP contribution in [-0.4, -0.2) is 13.2 Å². The van der Waals surface area contributed by atoms with Gasteiger partial charge in [-0.25, -0.2) is 0 Å². The third-order valence-electron chi connectivity index (χ3n) is 6.28. The molecule has 0 aromatic rings. The first-order valence-corrected chi connectivity index (χ1v) is 14.0. The predicted molar refractivity (Wildman–Crippen MR) is 143 cm³/mol. The van der Waals surface area contributed by atoms with Gasteiger partial charge in [0, 0.05) is 13.2 Å². The Morgan fingerprint density at radius 1 is 0.300 bits per heavy atom. The van der Waals surface area contributed by atoms with Gasteiger partial charge in [0.1, 0.15) is 0 Å². The molecule has 0 saturated heterocycles. The Balaban J connectivity index is 0. The van der Waals surface area contributed by atoms with E-state index in [4.69, 9.17) is 4.74 Å². The average molecular weight is 445 g/mol. The molecular weight excluding hydrogens is 384 g/mol. The molecule has 184 valence electrons. The molecule has 0 bridgehead atoms. The van der Waals surface area contributed by atoms with E-state index in [1.165, 1.54) is 154 Å². The molecule has 0 aromatic heterocycles. The quantitative estimate of drug-likeness (QED) is 0.120. The molecule has 0 unspecified atom stereocenters. The van der Waals surface area contributed by atoms with Crippen LogP contribution >= 0.6 is 13.5 Å². The first-order chi connectivity index (χ1) is 14.4. The van der Waals surface area contributed by atoms with E-state index in [-0.39, 0.29) is 13.5 Å². The molecule has 0 saturated carbocycles. The van der Waals surface area contributed by atoms with Crippen molar-refractivity contribution in [3.63, 3.8) is 0 Å². The van der Waals surface area contributed by atoms with Crippen molar-refractivity contribution in [2.24, 2.45) is 0 Å². The number of hydrogen-bond donors (Lipinski definition) is 0. The molecule has 0 aliphatic carbocycles. The molecule has 0 N–H and O–H groups in total. The molecule has 0 amide bonds. The van der Waals surface area contributed by atoms with Gasteiger partial charge in [0.15, 0.2) is 0 Å². The lowest BCUT2D eigenvalue weighted by atomic mass is 10.1. The van der Waals surface area contributed by atoms with Crippen molar-refractivity contribution in [3.05, 3.63) is 0 Å². The topological polar surface area (TPSA) is 9.23 Å². The normalized spacial score (nSPS) is 11.0. The van der Waals surface area contributed by atoms with Gasteiger partial charge in [0.25, 0.3) is 0 Å². The summed E-state index contributed by atoms with van der Waals surface area (Å²) < 4.78 is 5.82. The van der Waals surface area contributed by atoms with Gasteiger partial charge in [0.2, 0.25) is 0 Å². The van der Waals surface area contributed by atoms with Gasteiger partial charge in [-0.05, 0) is 12.8 Å². The summed E-state index contributed by atoms with van der Waals surface area (Å²) in [6.45, 7) is 6.58. The molecule has 0 spiro atoms. The first-order valence-electron chi connectivity index (χ1n) is 14.0. The van der Waals surface area contributed by atoms with Crippen molar-refractivity contribution >= 4 is 13.5 Å². The van der Waals surface area contributed by atoms with Crippen LogP contribution in [0.3, 0.4) is 0 Å². The highest BCUT2D eigenvalue weighted by Crippen LogP contribution is 2.13. The fourth-order valence-corrected chi connectivity index (χ4v) is 4.19. The SMILES string of the molecule is CCCCCCCCCCCCCCOCCCCCCCCCCCCCC.S. The summed E-state index contributed by atoms with van der Waals surface area (Å²) in [6, 6.07) is 0. The second-order valence-corrected chi connectivity index (χ2v) is 9.39. The Morgan fingerprint density at radius 2 is 0.500 bits per heavy atom. The fraction of sp³-hybridized carbons (Fsp3) is 1.00. The minimum Gasteiger partial charge on any atom is -0.381 e. The fourth-order valence-electron chi connectivity index (χ4n) is 4.19. The summed E-state index contributed by atoms with van der Waals surface area (Å²) in [5.74, 6) is 0. The van der Waals surface area contributed by atoms with Crippen molar-refractivity contribution in [2.75, 3.05) is 13.2 Å². The molecular formula is C28H60OS. The van der Waals surface area contributed by atoms with Crippen molar-refractivity contribution in [2.45, 2.75) is 168 Å². The molecule has 0 aliphatic heterocycles. The maximum Gasteiger partial charge on any atom is 0.0466 e. The second kappa shape index (κ2) is 31.5. The molecule has 0 aromatic carbocycles. The maximum absolute atomic E-state index is 5.82. The van der Waals surface area contributed by atoms with Gasteiger partial charge in [0.05, 0.1) is 0 Å². The number of ether oxygens (including phenoxy) is 1. The van der Waals surface area contributed by atoms with Crippen molar-refractivity contribution in [3.8, 4) is 0 Å². The van der Waals surface area contributed by atoms with Crippen LogP contribution in [0, 0.1) is 0 Å². The second-order valence-electron chi connectivity index (χ2n) is 9.39. The minimum absolute atomic E-state index is 0. The highest BCUT2D eigenvalue weighted by Gasteiger charge is 1.96. The summed E-state index contributed by atoms with van der Waals surface area (Å²) in [6.07, 6.45) is 34.1. The standard InChI is InChI=1S/C28H58O.H2S/c1-3-5-7-9-11-13-15-17-19-21-23-25-27-29-28-26-24-22-20-18-16-14-12-10-8-6-4-2;/h3-28H2,1-2H3;1H2. The van der Waals surface area contributed by atoms with E-state index >= 15 is 0 Å². The summed E-state index contributed by atoms with van der Waals surface area (Å²) in [5, 5.41) is 0. The van der Waals surface area contributed by atoms with Crippen LogP contribution in [0.25, 0.3) is 0 Å². The van der Waals surface area contributed by atoms with Crippen LogP contribution in [0.2, 0.25) is 0 Å². The van der Waals surface area contributed by atoms with Crippen molar-refractivity contribution < 1.29 is 4.74 Å². The zero-order valence-electron chi connectivity index (χ0n) is 21.3.